The number of hydrogen-bond acceptors (Lipinski definition) is 4. The van der Waals surface area contributed by atoms with Crippen LogP contribution >= 0.6 is 0 Å². The van der Waals surface area contributed by atoms with Crippen molar-refractivity contribution in [2.24, 2.45) is 5.73 Å². The fraction of sp³-hybridized carbons (Fsp3) is 0.667. The van der Waals surface area contributed by atoms with Gasteiger partial charge in [-0.15, -0.1) is 0 Å². The normalized spacial score (nSPS) is 26.7. The molecule has 1 aliphatic heterocycles. The average Bonchev–Trinajstić information content (AvgIpc) is 2.10. The van der Waals surface area contributed by atoms with E-state index in [2.05, 4.69) is 12.0 Å². The molecule has 1 fully saturated rings. The van der Waals surface area contributed by atoms with E-state index in [1.807, 2.05) is 0 Å². The first kappa shape index (κ1) is 10.8. The van der Waals surface area contributed by atoms with Crippen molar-refractivity contribution in [2.75, 3.05) is 6.61 Å². The van der Waals surface area contributed by atoms with Gasteiger partial charge < -0.3 is 20.5 Å². The molecular weight excluding hydrogens is 184 g/mol. The Labute approximate surface area is 82.8 Å². The molecule has 3 N–H and O–H groups in total. The molecule has 1 rings (SSSR count). The summed E-state index contributed by atoms with van der Waals surface area (Å²) in [5, 5.41) is 8.72. The van der Waals surface area contributed by atoms with Crippen molar-refractivity contribution in [3.63, 3.8) is 0 Å². The highest BCUT2D eigenvalue weighted by molar-refractivity contribution is 5.49. The molecule has 1 heterocycles. The predicted octanol–water partition coefficient (Wildman–Crippen LogP) is -1.14. The molecule has 1 amide bonds. The van der Waals surface area contributed by atoms with E-state index < -0.39 is 0 Å². The van der Waals surface area contributed by atoms with Gasteiger partial charge in [0.15, 0.2) is 0 Å². The average molecular weight is 198 g/mol. The van der Waals surface area contributed by atoms with Crippen molar-refractivity contribution in [1.82, 2.24) is 4.90 Å². The second-order valence-corrected chi connectivity index (χ2v) is 3.15. The molecule has 0 aliphatic carbocycles. The summed E-state index contributed by atoms with van der Waals surface area (Å²) in [6.45, 7) is 1.75. The highest BCUT2D eigenvalue weighted by Crippen LogP contribution is 2.23. The van der Waals surface area contributed by atoms with Crippen LogP contribution in [0.4, 0.5) is 0 Å². The Morgan fingerprint density at radius 1 is 1.86 bits per heavy atom. The molecule has 0 aromatic carbocycles. The first-order valence-electron chi connectivity index (χ1n) is 4.43. The largest absolute Gasteiger partial charge is 0.394 e. The molecule has 0 saturated carbocycles. The Morgan fingerprint density at radius 2 is 2.50 bits per heavy atom. The van der Waals surface area contributed by atoms with Gasteiger partial charge in [-0.3, -0.25) is 4.79 Å². The first-order valence-corrected chi connectivity index (χ1v) is 4.43. The summed E-state index contributed by atoms with van der Waals surface area (Å²) in [7, 11) is 0. The topological polar surface area (TPSA) is 75.8 Å². The lowest BCUT2D eigenvalue weighted by atomic mass is 10.1. The minimum Gasteiger partial charge on any atom is -0.394 e. The molecule has 5 nitrogen and oxygen atoms in total. The lowest BCUT2D eigenvalue weighted by Gasteiger charge is -2.41. The first-order chi connectivity index (χ1) is 6.72. The minimum absolute atomic E-state index is 0.0137. The van der Waals surface area contributed by atoms with Crippen molar-refractivity contribution in [1.29, 1.82) is 0 Å². The summed E-state index contributed by atoms with van der Waals surface area (Å²) >= 11 is 0. The molecule has 0 aromatic rings. The highest BCUT2D eigenvalue weighted by Gasteiger charge is 2.35. The third-order valence-electron chi connectivity index (χ3n) is 2.21. The second-order valence-electron chi connectivity index (χ2n) is 3.15. The van der Waals surface area contributed by atoms with Gasteiger partial charge in [0, 0.05) is 12.5 Å². The Bertz CT molecular complexity index is 253. The van der Waals surface area contributed by atoms with Crippen molar-refractivity contribution in [2.45, 2.75) is 31.7 Å². The fourth-order valence-corrected chi connectivity index (χ4v) is 1.35. The molecule has 5 heteroatoms. The van der Waals surface area contributed by atoms with Crippen LogP contribution in [0.2, 0.25) is 0 Å². The smallest absolute Gasteiger partial charge is 0.212 e. The van der Waals surface area contributed by atoms with Crippen LogP contribution in [0.3, 0.4) is 0 Å². The molecule has 3 unspecified atom stereocenters. The molecule has 0 aromatic heterocycles. The fourth-order valence-electron chi connectivity index (χ4n) is 1.35. The summed E-state index contributed by atoms with van der Waals surface area (Å²) in [6.07, 6.45) is 0.903. The summed E-state index contributed by atoms with van der Waals surface area (Å²) in [6, 6.07) is 1.99. The molecule has 3 atom stereocenters. The summed E-state index contributed by atoms with van der Waals surface area (Å²) in [5.41, 5.74) is 5.05. The number of rotatable bonds is 4. The number of carbonyl (C=O) groups excluding carboxylic acids is 1. The Morgan fingerprint density at radius 3 is 2.93 bits per heavy atom. The van der Waals surface area contributed by atoms with Gasteiger partial charge in [0.05, 0.1) is 18.8 Å². The zero-order valence-electron chi connectivity index (χ0n) is 8.01. The number of nitrogens with two attached hydrogens (primary N) is 1. The van der Waals surface area contributed by atoms with Crippen molar-refractivity contribution < 1.29 is 14.6 Å². The molecule has 14 heavy (non-hydrogen) atoms. The number of hydrogen-bond donors (Lipinski definition) is 2. The van der Waals surface area contributed by atoms with E-state index in [4.69, 9.17) is 15.6 Å². The molecule has 1 aliphatic rings. The SMILES string of the molecule is CC(C#CN)N(C=O)C1CC(CO)O1. The predicted molar refractivity (Wildman–Crippen MR) is 49.7 cm³/mol. The van der Waals surface area contributed by atoms with E-state index in [-0.39, 0.29) is 25.0 Å². The van der Waals surface area contributed by atoms with Crippen LogP contribution in [-0.2, 0) is 9.53 Å². The maximum atomic E-state index is 10.7. The monoisotopic (exact) mass is 198 g/mol. The molecule has 1 saturated heterocycles. The second kappa shape index (κ2) is 4.84. The quantitative estimate of drug-likeness (QED) is 0.340. The van der Waals surface area contributed by atoms with Gasteiger partial charge in [-0.05, 0) is 6.92 Å². The van der Waals surface area contributed by atoms with Gasteiger partial charge in [-0.1, -0.05) is 5.92 Å². The van der Waals surface area contributed by atoms with E-state index in [1.54, 1.807) is 6.92 Å². The molecule has 0 bridgehead atoms. The van der Waals surface area contributed by atoms with Gasteiger partial charge in [-0.25, -0.2) is 0 Å². The zero-order chi connectivity index (χ0) is 10.6. The number of ether oxygens (including phenoxy) is 1. The number of amides is 1. The van der Waals surface area contributed by atoms with Gasteiger partial charge in [0.25, 0.3) is 0 Å². The Kier molecular flexibility index (Phi) is 3.74. The van der Waals surface area contributed by atoms with Gasteiger partial charge in [-0.2, -0.15) is 0 Å². The van der Waals surface area contributed by atoms with Crippen LogP contribution in [-0.4, -0.2) is 41.4 Å². The standard InChI is InChI=1S/C9H14N2O3/c1-7(2-3-10)11(6-13)9-4-8(5-12)14-9/h6-9,12H,4-5,10H2,1H3. The summed E-state index contributed by atoms with van der Waals surface area (Å²) < 4.78 is 5.24. The molecular formula is C9H14N2O3. The summed E-state index contributed by atoms with van der Waals surface area (Å²) in [4.78, 5) is 12.2. The van der Waals surface area contributed by atoms with E-state index >= 15 is 0 Å². The lowest BCUT2D eigenvalue weighted by molar-refractivity contribution is -0.207. The third kappa shape index (κ3) is 2.16. The van der Waals surface area contributed by atoms with E-state index in [0.717, 1.165) is 0 Å². The van der Waals surface area contributed by atoms with E-state index in [0.29, 0.717) is 12.8 Å². The Hall–Kier alpha value is -1.25. The molecule has 78 valence electrons. The maximum absolute atomic E-state index is 10.7. The lowest BCUT2D eigenvalue weighted by Crippen LogP contribution is -2.53. The van der Waals surface area contributed by atoms with Crippen LogP contribution in [0.25, 0.3) is 0 Å². The van der Waals surface area contributed by atoms with Crippen LogP contribution in [0, 0.1) is 12.0 Å². The van der Waals surface area contributed by atoms with Crippen LogP contribution < -0.4 is 5.73 Å². The van der Waals surface area contributed by atoms with Gasteiger partial charge in [0.2, 0.25) is 6.41 Å². The van der Waals surface area contributed by atoms with Crippen LogP contribution in [0.1, 0.15) is 13.3 Å². The van der Waals surface area contributed by atoms with Crippen molar-refractivity contribution in [3.8, 4) is 12.0 Å². The third-order valence-corrected chi connectivity index (χ3v) is 2.21. The van der Waals surface area contributed by atoms with E-state index in [9.17, 15) is 4.79 Å². The van der Waals surface area contributed by atoms with Crippen molar-refractivity contribution >= 4 is 6.41 Å². The van der Waals surface area contributed by atoms with Crippen molar-refractivity contribution in [3.05, 3.63) is 0 Å². The number of aliphatic hydroxyl groups is 1. The minimum atomic E-state index is -0.277. The van der Waals surface area contributed by atoms with Crippen LogP contribution in [0.5, 0.6) is 0 Å². The summed E-state index contributed by atoms with van der Waals surface area (Å²) in [5.74, 6) is 2.66. The maximum Gasteiger partial charge on any atom is 0.212 e. The number of nitrogens with zero attached hydrogens (tertiary/aromatic N) is 1. The molecule has 0 radical (unpaired) electrons. The van der Waals surface area contributed by atoms with Gasteiger partial charge >= 0.3 is 0 Å². The zero-order valence-corrected chi connectivity index (χ0v) is 8.01. The Balaban J connectivity index is 2.46. The van der Waals surface area contributed by atoms with E-state index in [1.165, 1.54) is 4.90 Å². The highest BCUT2D eigenvalue weighted by atomic mass is 16.5. The molecule has 0 spiro atoms. The van der Waals surface area contributed by atoms with Crippen LogP contribution in [0.15, 0.2) is 0 Å². The van der Waals surface area contributed by atoms with Gasteiger partial charge in [0.1, 0.15) is 6.23 Å². The number of aliphatic hydroxyl groups excluding tert-OH is 1. The number of carbonyl (C=O) groups is 1.